The van der Waals surface area contributed by atoms with Crippen LogP contribution in [0, 0.1) is 0 Å². The van der Waals surface area contributed by atoms with Gasteiger partial charge < -0.3 is 5.48 Å². The van der Waals surface area contributed by atoms with Gasteiger partial charge in [0.1, 0.15) is 0 Å². The number of hydrogen-bond acceptors (Lipinski definition) is 0. The van der Waals surface area contributed by atoms with E-state index in [0.29, 0.717) is 0 Å². The minimum Gasteiger partial charge on any atom is -0.412 e. The minimum atomic E-state index is 0. The van der Waals surface area contributed by atoms with Crippen molar-refractivity contribution in [3.05, 3.63) is 133 Å². The van der Waals surface area contributed by atoms with Crippen molar-refractivity contribution in [3.63, 3.8) is 0 Å². The van der Waals surface area contributed by atoms with Gasteiger partial charge in [0.15, 0.2) is 0 Å². The molecule has 0 fully saturated rings. The molecule has 0 aliphatic carbocycles. The molecule has 0 radical (unpaired) electrons. The van der Waals surface area contributed by atoms with E-state index in [0.717, 1.165) is 0 Å². The van der Waals surface area contributed by atoms with Crippen LogP contribution < -0.4 is 0 Å². The summed E-state index contributed by atoms with van der Waals surface area (Å²) < 4.78 is 0. The summed E-state index contributed by atoms with van der Waals surface area (Å²) in [5, 5.41) is 0. The summed E-state index contributed by atoms with van der Waals surface area (Å²) in [7, 11) is 0. The molecule has 0 atom stereocenters. The molecule has 0 aliphatic rings. The molecule has 150 valence electrons. The van der Waals surface area contributed by atoms with Gasteiger partial charge in [0, 0.05) is 0 Å². The van der Waals surface area contributed by atoms with Crippen LogP contribution in [0.5, 0.6) is 0 Å². The molecule has 0 saturated carbocycles. The van der Waals surface area contributed by atoms with Crippen LogP contribution in [-0.4, -0.2) is 5.48 Å². The van der Waals surface area contributed by atoms with E-state index in [1.165, 1.54) is 44.5 Å². The Balaban J connectivity index is 0.00000231. The van der Waals surface area contributed by atoms with Gasteiger partial charge in [-0.2, -0.15) is 0 Å². The second-order valence-electron chi connectivity index (χ2n) is 7.37. The van der Waals surface area contributed by atoms with Crippen LogP contribution in [0.3, 0.4) is 0 Å². The first-order chi connectivity index (χ1) is 14.9. The molecule has 2 N–H and O–H groups in total. The third-order valence-corrected chi connectivity index (χ3v) is 5.50. The zero-order valence-corrected chi connectivity index (χ0v) is 17.2. The van der Waals surface area contributed by atoms with E-state index in [4.69, 9.17) is 0 Å². The molecule has 1 nitrogen and oxygen atoms in total. The average Bonchev–Trinajstić information content (AvgIpc) is 2.85. The maximum atomic E-state index is 2.27. The van der Waals surface area contributed by atoms with Gasteiger partial charge in [0.25, 0.3) is 0 Å². The van der Waals surface area contributed by atoms with Crippen LogP contribution in [0.25, 0.3) is 44.5 Å². The summed E-state index contributed by atoms with van der Waals surface area (Å²) in [5.41, 5.74) is 9.96. The maximum Gasteiger partial charge on any atom is -0.00206 e. The van der Waals surface area contributed by atoms with Crippen molar-refractivity contribution in [3.8, 4) is 44.5 Å². The molecule has 0 amide bonds. The molecule has 0 aliphatic heterocycles. The summed E-state index contributed by atoms with van der Waals surface area (Å²) in [4.78, 5) is 0. The van der Waals surface area contributed by atoms with Crippen molar-refractivity contribution < 1.29 is 5.48 Å². The standard InChI is InChI=1S/C30H22.H2O/c1-5-13-23(14-6-1)27-21-22-28(24-15-7-2-8-16-24)30(26-19-11-4-12-20-26)29(27)25-17-9-3-10-18-25;/h1-22H;1H2. The summed E-state index contributed by atoms with van der Waals surface area (Å²) in [6.45, 7) is 0. The highest BCUT2D eigenvalue weighted by atomic mass is 16.0. The van der Waals surface area contributed by atoms with E-state index < -0.39 is 0 Å². The lowest BCUT2D eigenvalue weighted by atomic mass is 9.83. The molecule has 0 aromatic heterocycles. The van der Waals surface area contributed by atoms with Crippen LogP contribution in [0.1, 0.15) is 0 Å². The molecule has 5 aromatic rings. The lowest BCUT2D eigenvalue weighted by Crippen LogP contribution is -1.94. The lowest BCUT2D eigenvalue weighted by molar-refractivity contribution is 0.824. The van der Waals surface area contributed by atoms with Gasteiger partial charge in [-0.1, -0.05) is 133 Å². The van der Waals surface area contributed by atoms with Crippen molar-refractivity contribution in [1.82, 2.24) is 0 Å². The van der Waals surface area contributed by atoms with Crippen LogP contribution in [-0.2, 0) is 0 Å². The van der Waals surface area contributed by atoms with E-state index in [1.807, 2.05) is 0 Å². The minimum absolute atomic E-state index is 0. The molecule has 5 aromatic carbocycles. The van der Waals surface area contributed by atoms with E-state index in [9.17, 15) is 0 Å². The zero-order valence-electron chi connectivity index (χ0n) is 17.2. The highest BCUT2D eigenvalue weighted by Gasteiger charge is 2.18. The van der Waals surface area contributed by atoms with Gasteiger partial charge in [-0.05, 0) is 44.5 Å². The van der Waals surface area contributed by atoms with Gasteiger partial charge in [-0.3, -0.25) is 0 Å². The van der Waals surface area contributed by atoms with Crippen LogP contribution in [0.4, 0.5) is 0 Å². The van der Waals surface area contributed by atoms with Gasteiger partial charge >= 0.3 is 0 Å². The smallest absolute Gasteiger partial charge is 0.00206 e. The quantitative estimate of drug-likeness (QED) is 0.299. The first kappa shape index (κ1) is 20.3. The Labute approximate surface area is 183 Å². The van der Waals surface area contributed by atoms with Crippen molar-refractivity contribution in [2.45, 2.75) is 0 Å². The molecule has 31 heavy (non-hydrogen) atoms. The van der Waals surface area contributed by atoms with Crippen LogP contribution in [0.15, 0.2) is 133 Å². The van der Waals surface area contributed by atoms with Crippen molar-refractivity contribution >= 4 is 0 Å². The van der Waals surface area contributed by atoms with Gasteiger partial charge in [-0.15, -0.1) is 0 Å². The molecular weight excluding hydrogens is 376 g/mol. The second-order valence-corrected chi connectivity index (χ2v) is 7.37. The first-order valence-electron chi connectivity index (χ1n) is 10.3. The topological polar surface area (TPSA) is 31.5 Å². The highest BCUT2D eigenvalue weighted by Crippen LogP contribution is 2.45. The Morgan fingerprint density at radius 2 is 0.516 bits per heavy atom. The lowest BCUT2D eigenvalue weighted by Gasteiger charge is -2.20. The molecule has 1 heteroatoms. The Morgan fingerprint density at radius 1 is 0.258 bits per heavy atom. The molecule has 5 rings (SSSR count). The third kappa shape index (κ3) is 4.05. The van der Waals surface area contributed by atoms with Crippen molar-refractivity contribution in [1.29, 1.82) is 0 Å². The second kappa shape index (κ2) is 9.25. The van der Waals surface area contributed by atoms with E-state index >= 15 is 0 Å². The van der Waals surface area contributed by atoms with Crippen molar-refractivity contribution in [2.75, 3.05) is 0 Å². The summed E-state index contributed by atoms with van der Waals surface area (Å²) in [5.74, 6) is 0. The van der Waals surface area contributed by atoms with Crippen molar-refractivity contribution in [2.24, 2.45) is 0 Å². The van der Waals surface area contributed by atoms with Gasteiger partial charge in [-0.25, -0.2) is 0 Å². The Hall–Kier alpha value is -3.94. The van der Waals surface area contributed by atoms with E-state index in [-0.39, 0.29) is 5.48 Å². The largest absolute Gasteiger partial charge is 0.412 e. The molecule has 0 unspecified atom stereocenters. The fourth-order valence-corrected chi connectivity index (χ4v) is 4.13. The predicted molar refractivity (Wildman–Crippen MR) is 132 cm³/mol. The van der Waals surface area contributed by atoms with Gasteiger partial charge in [0.05, 0.1) is 0 Å². The Kier molecular flexibility index (Phi) is 6.07. The zero-order chi connectivity index (χ0) is 20.2. The number of benzene rings is 5. The highest BCUT2D eigenvalue weighted by molar-refractivity contribution is 6.01. The van der Waals surface area contributed by atoms with Crippen LogP contribution >= 0.6 is 0 Å². The normalized spacial score (nSPS) is 10.3. The molecule has 0 saturated heterocycles. The Bertz CT molecular complexity index is 1140. The monoisotopic (exact) mass is 400 g/mol. The maximum absolute atomic E-state index is 2.27. The SMILES string of the molecule is O.c1ccc(-c2ccc(-c3ccccc3)c(-c3ccccc3)c2-c2ccccc2)cc1. The first-order valence-corrected chi connectivity index (χ1v) is 10.3. The molecular formula is C30H24O. The molecule has 0 bridgehead atoms. The number of rotatable bonds is 4. The molecule has 0 spiro atoms. The van der Waals surface area contributed by atoms with Crippen LogP contribution in [0.2, 0.25) is 0 Å². The fraction of sp³-hybridized carbons (Fsp3) is 0. The average molecular weight is 401 g/mol. The summed E-state index contributed by atoms with van der Waals surface area (Å²) in [6, 6.07) is 47.4. The molecule has 0 heterocycles. The van der Waals surface area contributed by atoms with Gasteiger partial charge in [0.2, 0.25) is 0 Å². The fourth-order valence-electron chi connectivity index (χ4n) is 4.13. The summed E-state index contributed by atoms with van der Waals surface area (Å²) in [6.07, 6.45) is 0. The Morgan fingerprint density at radius 3 is 0.806 bits per heavy atom. The summed E-state index contributed by atoms with van der Waals surface area (Å²) >= 11 is 0. The van der Waals surface area contributed by atoms with E-state index in [2.05, 4.69) is 133 Å². The predicted octanol–water partition coefficient (Wildman–Crippen LogP) is 7.53. The van der Waals surface area contributed by atoms with E-state index in [1.54, 1.807) is 0 Å². The number of hydrogen-bond donors (Lipinski definition) is 0. The third-order valence-electron chi connectivity index (χ3n) is 5.50.